The molecule has 732 valence electrons. The molecule has 0 amide bonds. The van der Waals surface area contributed by atoms with Gasteiger partial charge in [-0.15, -0.1) is 34.0 Å². The molecule has 0 spiro atoms. The summed E-state index contributed by atoms with van der Waals surface area (Å²) in [5.74, 6) is -26.9. The van der Waals surface area contributed by atoms with E-state index < -0.39 is 288 Å². The quantitative estimate of drug-likeness (QED) is 0.0288. The van der Waals surface area contributed by atoms with Crippen molar-refractivity contribution in [1.82, 2.24) is 0 Å². The van der Waals surface area contributed by atoms with E-state index in [1.165, 1.54) is 84.6 Å². The van der Waals surface area contributed by atoms with Gasteiger partial charge in [0.15, 0.2) is 107 Å². The van der Waals surface area contributed by atoms with Crippen LogP contribution in [0.4, 0.5) is 0 Å². The van der Waals surface area contributed by atoms with Crippen LogP contribution in [0, 0.1) is 35.5 Å². The third-order valence-electron chi connectivity index (χ3n) is 26.0. The lowest BCUT2D eigenvalue weighted by Crippen LogP contribution is -2.62. The molecular weight excluding hydrogens is 1870 g/mol. The molecule has 0 radical (unpaired) electrons. The van der Waals surface area contributed by atoms with Gasteiger partial charge in [-0.05, 0) is 157 Å². The number of aliphatic hydroxyl groups is 6. The summed E-state index contributed by atoms with van der Waals surface area (Å²) >= 11 is 3.99. The fraction of sp³-hybridized carbons (Fsp3) is 0.469. The molecule has 15 aliphatic rings. The lowest BCUT2D eigenvalue weighted by molar-refractivity contribution is -0.368. The van der Waals surface area contributed by atoms with Crippen molar-refractivity contribution in [2.45, 2.75) is 147 Å². The van der Waals surface area contributed by atoms with Crippen LogP contribution in [-0.4, -0.2) is 258 Å². The highest BCUT2D eigenvalue weighted by molar-refractivity contribution is 7.10. The van der Waals surface area contributed by atoms with Gasteiger partial charge in [0.05, 0.1) is 157 Å². The summed E-state index contributed by atoms with van der Waals surface area (Å²) in [4.78, 5) is 43.5. The molecule has 42 heteroatoms. The lowest BCUT2D eigenvalue weighted by atomic mass is 9.66. The molecule has 0 saturated carbocycles. The average molecular weight is 1990 g/mol. The Balaban J connectivity index is 0.000000134. The third kappa shape index (κ3) is 16.1. The third-order valence-corrected chi connectivity index (χ3v) is 28.7. The number of thiophene rings is 3. The van der Waals surface area contributed by atoms with Crippen molar-refractivity contribution < 1.29 is 218 Å². The fourth-order valence-electron chi connectivity index (χ4n) is 19.6. The minimum Gasteiger partial charge on any atom is -0.502 e. The molecule has 30 atom stereocenters. The molecule has 9 aromatic rings. The molecule has 0 bridgehead atoms. The van der Waals surface area contributed by atoms with E-state index in [2.05, 4.69) is 0 Å². The van der Waals surface area contributed by atoms with Crippen molar-refractivity contribution in [3.63, 3.8) is 0 Å². The molecule has 3 aromatic heterocycles. The van der Waals surface area contributed by atoms with Gasteiger partial charge in [-0.3, -0.25) is 14.4 Å². The van der Waals surface area contributed by atoms with Gasteiger partial charge in [-0.1, -0.05) is 18.2 Å². The average Bonchev–Trinajstić information content (AvgIpc) is 1.48. The van der Waals surface area contributed by atoms with Gasteiger partial charge in [-0.2, -0.15) is 0 Å². The molecule has 138 heavy (non-hydrogen) atoms. The smallest absolute Gasteiger partial charge is 0.310 e. The summed E-state index contributed by atoms with van der Waals surface area (Å²) < 4.78 is 337. The van der Waals surface area contributed by atoms with Crippen LogP contribution in [0.5, 0.6) is 86.2 Å². The van der Waals surface area contributed by atoms with Crippen LogP contribution >= 0.6 is 34.0 Å². The van der Waals surface area contributed by atoms with Crippen molar-refractivity contribution in [2.24, 2.45) is 35.5 Å². The van der Waals surface area contributed by atoms with Gasteiger partial charge in [-0.25, -0.2) is 0 Å². The number of esters is 3. The van der Waals surface area contributed by atoms with Crippen LogP contribution in [0.15, 0.2) is 125 Å². The van der Waals surface area contributed by atoms with Crippen molar-refractivity contribution in [2.75, 3.05) is 102 Å². The summed E-state index contributed by atoms with van der Waals surface area (Å²) in [6, 6.07) is 25.4. The number of aliphatic hydroxyl groups excluding tert-OH is 6. The second-order valence-corrected chi connectivity index (χ2v) is 36.4. The summed E-state index contributed by atoms with van der Waals surface area (Å²) in [5, 5.41) is 106. The van der Waals surface area contributed by atoms with Crippen LogP contribution in [0.3, 0.4) is 0 Å². The number of carbonyl (C=O) groups excluding carboxylic acids is 3. The molecule has 9 fully saturated rings. The second kappa shape index (κ2) is 37.6. The Morgan fingerprint density at radius 3 is 1.14 bits per heavy atom. The highest BCUT2D eigenvalue weighted by Gasteiger charge is 2.62. The monoisotopic (exact) mass is 1990 g/mol. The number of ether oxygens (including phenoxy) is 27. The van der Waals surface area contributed by atoms with Crippen LogP contribution in [0.2, 0.25) is 0 Å². The first-order valence-electron chi connectivity index (χ1n) is 53.7. The van der Waals surface area contributed by atoms with Gasteiger partial charge in [0.2, 0.25) is 37.6 Å². The molecule has 6 aromatic carbocycles. The Morgan fingerprint density at radius 1 is 0.362 bits per heavy atom. The Morgan fingerprint density at radius 2 is 0.717 bits per heavy atom. The predicted octanol–water partition coefficient (Wildman–Crippen LogP) is 8.26. The number of aromatic hydroxyl groups is 3. The summed E-state index contributed by atoms with van der Waals surface area (Å²) in [7, 11) is -10.2. The molecule has 24 rings (SSSR count). The Kier molecular flexibility index (Phi) is 19.0. The maximum atomic E-state index is 14.0. The fourth-order valence-corrected chi connectivity index (χ4v) is 21.7. The number of fused-ring (bicyclic) bond motifs is 12. The zero-order valence-electron chi connectivity index (χ0n) is 93.4. The Labute approximate surface area is 828 Å². The van der Waals surface area contributed by atoms with Crippen molar-refractivity contribution in [3.05, 3.63) is 190 Å². The van der Waals surface area contributed by atoms with Gasteiger partial charge >= 0.3 is 17.9 Å². The minimum absolute atomic E-state index is 0.00345. The number of benzene rings is 6. The molecule has 9 N–H and O–H groups in total. The molecule has 9 saturated heterocycles. The molecule has 39 nitrogen and oxygen atoms in total. The van der Waals surface area contributed by atoms with E-state index >= 15 is 0 Å². The van der Waals surface area contributed by atoms with E-state index in [0.29, 0.717) is 31.7 Å². The van der Waals surface area contributed by atoms with E-state index in [4.69, 9.17) is 153 Å². The number of carbonyl (C=O) groups is 3. The molecule has 3 aliphatic carbocycles. The number of methoxy groups -OCH3 is 6. The zero-order chi connectivity index (χ0) is 114. The molecule has 12 aliphatic heterocycles. The largest absolute Gasteiger partial charge is 0.502 e. The highest BCUT2D eigenvalue weighted by atomic mass is 32.1. The van der Waals surface area contributed by atoms with Crippen molar-refractivity contribution in [1.29, 1.82) is 0 Å². The Bertz CT molecular complexity index is 6980. The number of rotatable bonds is 18. The van der Waals surface area contributed by atoms with E-state index in [1.807, 2.05) is 5.38 Å². The van der Waals surface area contributed by atoms with Crippen LogP contribution in [0.1, 0.15) is 150 Å². The molecular formula is C96H96O39S3. The minimum atomic E-state index is -3.26. The maximum absolute atomic E-state index is 14.0. The number of hydrogen-bond acceptors (Lipinski definition) is 42. The van der Waals surface area contributed by atoms with Gasteiger partial charge < -0.3 is 174 Å². The number of hydrogen-bond donors (Lipinski definition) is 9. The van der Waals surface area contributed by atoms with E-state index in [1.54, 1.807) is 59.3 Å². The zero-order valence-corrected chi connectivity index (χ0v) is 73.8. The number of phenols is 3. The van der Waals surface area contributed by atoms with E-state index in [-0.39, 0.29) is 119 Å². The predicted molar refractivity (Wildman–Crippen MR) is 468 cm³/mol. The van der Waals surface area contributed by atoms with Crippen molar-refractivity contribution >= 4 is 51.9 Å². The summed E-state index contributed by atoms with van der Waals surface area (Å²) in [5.41, 5.74) is -0.283. The second-order valence-electron chi connectivity index (χ2n) is 33.4. The number of phenolic OH excluding ortho intramolecular Hbond substituents is 3. The van der Waals surface area contributed by atoms with Gasteiger partial charge in [0.1, 0.15) is 73.2 Å². The van der Waals surface area contributed by atoms with Crippen LogP contribution < -0.4 is 56.8 Å². The first-order chi connectivity index (χ1) is 75.3. The first kappa shape index (κ1) is 69.9. The van der Waals surface area contributed by atoms with Crippen LogP contribution in [-0.2, 0) is 85.4 Å². The first-order valence-corrected chi connectivity index (χ1v) is 45.4. The highest BCUT2D eigenvalue weighted by Crippen LogP contribution is 2.63. The normalized spacial score (nSPS) is 40.2. The summed E-state index contributed by atoms with van der Waals surface area (Å²) in [6.45, 7) is -9.61. The number of cyclic esters (lactones) is 3. The lowest BCUT2D eigenvalue weighted by Gasteiger charge is -2.48. The summed E-state index contributed by atoms with van der Waals surface area (Å²) in [6.07, 6.45) is -29.9. The van der Waals surface area contributed by atoms with Crippen LogP contribution in [0.25, 0.3) is 0 Å². The standard InChI is InChI=1S/3C32H32O13S/c3*1-37-19-6-13(7-20(38-2)25(19)33)23-14-8-17-18(42-12-41-17)9-15(14)28(16-10-39-30(36)24(16)23)44-32-27(35)26(34)29-21(43-32)11-40-31(45-29)22-4-3-5-46-22/h3*3-9,16,21,23-24,26-29,31-35H,10-12H2,1-2H3/t3*16-,21+,23+,24-,26+,27+,28+,29+,31+,32-/m000/s1/i1D3,2D3,10D2,23D,24D;1D3,2D3,10D2,24D;11D2,23D. The Hall–Kier alpha value is -10.9. The molecule has 0 unspecified atom stereocenters. The molecule has 15 heterocycles. The SMILES string of the molecule is [2H]C([2H])([2H])Oc1cc([C@@H]2c3cc4c(cc3[C@@H](O[C@@H]3O[C@@H]5CO[C@@H](c6cccs6)O[C@H]5[C@H](O)[C@H]3O)[C@H]3C([2H])([2H])OC(=O)[C@]23[2H])OCO4)cc(OC([2H])([2H])[2H])c1O.[2H]C([2H])([2H])Oc1cc([C@]2([2H])c3cc4c(cc3[C@@H](O[C@@H]3O[C@@H]5CO[C@@H](c6cccs6)O[C@H]5[C@H](O)[C@H]3O)[C@H]3C([2H])([2H])OC(=O)[C@@]32[2H])OCO4)cc(OC([2H])([2H])[2H])c1O.[2H]C1([2H])O[C@@H](c2cccs2)O[C@H]2[C@H](O)[C@@H](O)[C@H](O[C@@H]3c4cc5c(cc4[C@@]([2H])(c4cc(OC)c(O)c(OC)c4)[C@H]4C(=O)OC[C@H]34)OCO5)O[C@@H]21. The van der Waals surface area contributed by atoms with E-state index in [9.17, 15) is 65.8 Å². The topological polar surface area (TPSA) is 482 Å². The maximum Gasteiger partial charge on any atom is 0.310 e. The van der Waals surface area contributed by atoms with Gasteiger partial charge in [0, 0.05) is 40.9 Å². The van der Waals surface area contributed by atoms with Crippen molar-refractivity contribution in [3.8, 4) is 86.2 Å². The van der Waals surface area contributed by atoms with E-state index in [0.717, 1.165) is 24.3 Å². The van der Waals surface area contributed by atoms with Gasteiger partial charge in [0.25, 0.3) is 0 Å².